The average molecular weight is 281 g/mol. The summed E-state index contributed by atoms with van der Waals surface area (Å²) in [5, 5.41) is 12.1. The number of β-amino-alcohol motifs (C(OH)–C–C–N with tert-alkyl or cyclic N) is 1. The summed E-state index contributed by atoms with van der Waals surface area (Å²) in [7, 11) is 0. The third kappa shape index (κ3) is 3.91. The summed E-state index contributed by atoms with van der Waals surface area (Å²) in [6, 6.07) is 5.49. The topological polar surface area (TPSA) is 38.7 Å². The number of piperazine rings is 1. The monoisotopic (exact) mass is 281 g/mol. The van der Waals surface area contributed by atoms with Crippen molar-refractivity contribution in [1.29, 1.82) is 0 Å². The van der Waals surface area contributed by atoms with Gasteiger partial charge in [-0.05, 0) is 24.2 Å². The highest BCUT2D eigenvalue weighted by molar-refractivity contribution is 5.49. The third-order valence-electron chi connectivity index (χ3n) is 3.72. The molecule has 0 spiro atoms. The van der Waals surface area contributed by atoms with E-state index in [-0.39, 0.29) is 12.4 Å². The summed E-state index contributed by atoms with van der Waals surface area (Å²) < 4.78 is 14.2. The molecule has 1 aliphatic rings. The van der Waals surface area contributed by atoms with Crippen molar-refractivity contribution in [2.75, 3.05) is 50.8 Å². The van der Waals surface area contributed by atoms with E-state index >= 15 is 0 Å². The molecule has 5 heteroatoms. The van der Waals surface area contributed by atoms with Gasteiger partial charge in [-0.2, -0.15) is 0 Å². The van der Waals surface area contributed by atoms with Gasteiger partial charge >= 0.3 is 0 Å². The smallest absolute Gasteiger partial charge is 0.146 e. The van der Waals surface area contributed by atoms with Crippen molar-refractivity contribution >= 4 is 5.69 Å². The van der Waals surface area contributed by atoms with Gasteiger partial charge in [0, 0.05) is 39.3 Å². The van der Waals surface area contributed by atoms with Crippen LogP contribution < -0.4 is 10.2 Å². The van der Waals surface area contributed by atoms with Gasteiger partial charge in [0.15, 0.2) is 0 Å². The first kappa shape index (κ1) is 15.2. The van der Waals surface area contributed by atoms with Gasteiger partial charge in [-0.15, -0.1) is 0 Å². The summed E-state index contributed by atoms with van der Waals surface area (Å²) in [5.41, 5.74) is 1.67. The SMILES string of the molecule is CCNCc1ccc(N2CCN(CCO)CC2)c(F)c1. The summed E-state index contributed by atoms with van der Waals surface area (Å²) >= 11 is 0. The summed E-state index contributed by atoms with van der Waals surface area (Å²) in [5.74, 6) is -0.143. The van der Waals surface area contributed by atoms with Crippen molar-refractivity contribution in [2.24, 2.45) is 0 Å². The van der Waals surface area contributed by atoms with E-state index in [0.717, 1.165) is 38.3 Å². The van der Waals surface area contributed by atoms with Crippen LogP contribution in [0.5, 0.6) is 0 Å². The molecular weight excluding hydrogens is 257 g/mol. The zero-order valence-corrected chi connectivity index (χ0v) is 12.1. The molecule has 1 fully saturated rings. The summed E-state index contributed by atoms with van der Waals surface area (Å²) in [6.45, 7) is 7.89. The van der Waals surface area contributed by atoms with Crippen molar-refractivity contribution < 1.29 is 9.50 Å². The molecular formula is C15H24FN3O. The van der Waals surface area contributed by atoms with E-state index in [0.29, 0.717) is 18.8 Å². The van der Waals surface area contributed by atoms with Crippen LogP contribution in [0.15, 0.2) is 18.2 Å². The van der Waals surface area contributed by atoms with Gasteiger partial charge in [0.2, 0.25) is 0 Å². The number of hydrogen-bond donors (Lipinski definition) is 2. The summed E-state index contributed by atoms with van der Waals surface area (Å²) in [4.78, 5) is 4.29. The van der Waals surface area contributed by atoms with Crippen molar-refractivity contribution in [3.8, 4) is 0 Å². The molecule has 0 aliphatic carbocycles. The fourth-order valence-electron chi connectivity index (χ4n) is 2.54. The van der Waals surface area contributed by atoms with Crippen LogP contribution in [-0.4, -0.2) is 55.9 Å². The normalized spacial score (nSPS) is 16.6. The standard InChI is InChI=1S/C15H24FN3O/c1-2-17-12-13-3-4-15(14(16)11-13)19-7-5-18(6-8-19)9-10-20/h3-4,11,17,20H,2,5-10,12H2,1H3. The molecule has 0 unspecified atom stereocenters. The van der Waals surface area contributed by atoms with Gasteiger partial charge in [-0.3, -0.25) is 4.90 Å². The van der Waals surface area contributed by atoms with E-state index in [1.54, 1.807) is 6.07 Å². The zero-order valence-electron chi connectivity index (χ0n) is 12.1. The van der Waals surface area contributed by atoms with Crippen LogP contribution in [0.4, 0.5) is 10.1 Å². The summed E-state index contributed by atoms with van der Waals surface area (Å²) in [6.07, 6.45) is 0. The Bertz CT molecular complexity index is 420. The molecule has 0 saturated carbocycles. The molecule has 112 valence electrons. The molecule has 2 rings (SSSR count). The Balaban J connectivity index is 1.96. The zero-order chi connectivity index (χ0) is 14.4. The van der Waals surface area contributed by atoms with E-state index in [4.69, 9.17) is 5.11 Å². The highest BCUT2D eigenvalue weighted by Crippen LogP contribution is 2.22. The number of rotatable bonds is 6. The van der Waals surface area contributed by atoms with E-state index < -0.39 is 0 Å². The second-order valence-corrected chi connectivity index (χ2v) is 5.12. The van der Waals surface area contributed by atoms with E-state index in [1.807, 2.05) is 19.1 Å². The molecule has 1 heterocycles. The van der Waals surface area contributed by atoms with Crippen LogP contribution >= 0.6 is 0 Å². The lowest BCUT2D eigenvalue weighted by atomic mass is 10.1. The molecule has 1 saturated heterocycles. The number of nitrogens with zero attached hydrogens (tertiary/aromatic N) is 2. The van der Waals surface area contributed by atoms with Crippen molar-refractivity contribution in [3.05, 3.63) is 29.6 Å². The second-order valence-electron chi connectivity index (χ2n) is 5.12. The van der Waals surface area contributed by atoms with E-state index in [1.165, 1.54) is 0 Å². The molecule has 1 aromatic carbocycles. The van der Waals surface area contributed by atoms with Crippen LogP contribution in [0.25, 0.3) is 0 Å². The molecule has 0 atom stereocenters. The molecule has 0 radical (unpaired) electrons. The Morgan fingerprint density at radius 2 is 2.00 bits per heavy atom. The number of benzene rings is 1. The van der Waals surface area contributed by atoms with Gasteiger partial charge in [-0.25, -0.2) is 4.39 Å². The largest absolute Gasteiger partial charge is 0.395 e. The first-order chi connectivity index (χ1) is 9.74. The lowest BCUT2D eigenvalue weighted by molar-refractivity contribution is 0.188. The number of aliphatic hydroxyl groups excluding tert-OH is 1. The minimum absolute atomic E-state index is 0.143. The van der Waals surface area contributed by atoms with Crippen LogP contribution in [0, 0.1) is 5.82 Å². The Kier molecular flexibility index (Phi) is 5.76. The first-order valence-electron chi connectivity index (χ1n) is 7.32. The highest BCUT2D eigenvalue weighted by atomic mass is 19.1. The Hall–Kier alpha value is -1.17. The number of halogens is 1. The van der Waals surface area contributed by atoms with E-state index in [2.05, 4.69) is 15.1 Å². The van der Waals surface area contributed by atoms with Crippen molar-refractivity contribution in [2.45, 2.75) is 13.5 Å². The maximum absolute atomic E-state index is 14.2. The fraction of sp³-hybridized carbons (Fsp3) is 0.600. The molecule has 0 aromatic heterocycles. The Morgan fingerprint density at radius 1 is 1.25 bits per heavy atom. The van der Waals surface area contributed by atoms with Crippen LogP contribution in [0.2, 0.25) is 0 Å². The van der Waals surface area contributed by atoms with Crippen LogP contribution in [0.3, 0.4) is 0 Å². The number of anilines is 1. The number of hydrogen-bond acceptors (Lipinski definition) is 4. The minimum Gasteiger partial charge on any atom is -0.395 e. The highest BCUT2D eigenvalue weighted by Gasteiger charge is 2.19. The molecule has 2 N–H and O–H groups in total. The van der Waals surface area contributed by atoms with Gasteiger partial charge < -0.3 is 15.3 Å². The maximum Gasteiger partial charge on any atom is 0.146 e. The number of nitrogens with one attached hydrogen (secondary N) is 1. The van der Waals surface area contributed by atoms with Gasteiger partial charge in [0.1, 0.15) is 5.82 Å². The van der Waals surface area contributed by atoms with Crippen molar-refractivity contribution in [3.63, 3.8) is 0 Å². The molecule has 0 bridgehead atoms. The molecule has 1 aromatic rings. The molecule has 1 aliphatic heterocycles. The van der Waals surface area contributed by atoms with Gasteiger partial charge in [0.25, 0.3) is 0 Å². The lowest BCUT2D eigenvalue weighted by Crippen LogP contribution is -2.47. The predicted octanol–water partition coefficient (Wildman–Crippen LogP) is 1.05. The lowest BCUT2D eigenvalue weighted by Gasteiger charge is -2.36. The predicted molar refractivity (Wildman–Crippen MR) is 79.5 cm³/mol. The van der Waals surface area contributed by atoms with E-state index in [9.17, 15) is 4.39 Å². The fourth-order valence-corrected chi connectivity index (χ4v) is 2.54. The Morgan fingerprint density at radius 3 is 2.60 bits per heavy atom. The van der Waals surface area contributed by atoms with Crippen molar-refractivity contribution in [1.82, 2.24) is 10.2 Å². The second kappa shape index (κ2) is 7.57. The minimum atomic E-state index is -0.143. The van der Waals surface area contributed by atoms with Crippen LogP contribution in [0.1, 0.15) is 12.5 Å². The maximum atomic E-state index is 14.2. The first-order valence-corrected chi connectivity index (χ1v) is 7.32. The quantitative estimate of drug-likeness (QED) is 0.817. The molecule has 4 nitrogen and oxygen atoms in total. The molecule has 0 amide bonds. The number of aliphatic hydroxyl groups is 1. The average Bonchev–Trinajstić information content (AvgIpc) is 2.47. The molecule has 20 heavy (non-hydrogen) atoms. The van der Waals surface area contributed by atoms with Gasteiger partial charge in [0.05, 0.1) is 12.3 Å². The van der Waals surface area contributed by atoms with Crippen LogP contribution in [-0.2, 0) is 6.54 Å². The van der Waals surface area contributed by atoms with Gasteiger partial charge in [-0.1, -0.05) is 13.0 Å². The third-order valence-corrected chi connectivity index (χ3v) is 3.72. The Labute approximate surface area is 120 Å².